The third-order valence-corrected chi connectivity index (χ3v) is 3.05. The summed E-state index contributed by atoms with van der Waals surface area (Å²) in [4.78, 5) is 21.7. The van der Waals surface area contributed by atoms with E-state index in [-0.39, 0.29) is 12.5 Å². The minimum Gasteiger partial charge on any atom is -0.398 e. The number of anilines is 1. The van der Waals surface area contributed by atoms with Gasteiger partial charge in [-0.05, 0) is 13.0 Å². The van der Waals surface area contributed by atoms with Crippen molar-refractivity contribution in [3.8, 4) is 11.3 Å². The van der Waals surface area contributed by atoms with Crippen molar-refractivity contribution in [2.75, 3.05) is 19.3 Å². The molecule has 2 heterocycles. The van der Waals surface area contributed by atoms with Crippen molar-refractivity contribution in [1.82, 2.24) is 19.4 Å². The van der Waals surface area contributed by atoms with Crippen LogP contribution < -0.4 is 5.73 Å². The van der Waals surface area contributed by atoms with Crippen LogP contribution in [0.5, 0.6) is 0 Å². The summed E-state index contributed by atoms with van der Waals surface area (Å²) < 4.78 is 1.78. The van der Waals surface area contributed by atoms with Crippen LogP contribution in [0.4, 0.5) is 5.69 Å². The quantitative estimate of drug-likeness (QED) is 0.888. The Labute approximate surface area is 111 Å². The van der Waals surface area contributed by atoms with Crippen LogP contribution >= 0.6 is 0 Å². The molecule has 6 nitrogen and oxygen atoms in total. The first-order valence-electron chi connectivity index (χ1n) is 6.07. The maximum Gasteiger partial charge on any atom is 0.242 e. The number of aromatic nitrogens is 3. The maximum absolute atomic E-state index is 11.9. The van der Waals surface area contributed by atoms with Gasteiger partial charge in [-0.15, -0.1) is 0 Å². The highest BCUT2D eigenvalue weighted by atomic mass is 16.2. The van der Waals surface area contributed by atoms with E-state index in [2.05, 4.69) is 9.97 Å². The van der Waals surface area contributed by atoms with Gasteiger partial charge in [0.2, 0.25) is 5.91 Å². The first kappa shape index (κ1) is 13.1. The van der Waals surface area contributed by atoms with E-state index in [1.165, 1.54) is 0 Å². The third-order valence-electron chi connectivity index (χ3n) is 3.05. The van der Waals surface area contributed by atoms with Crippen molar-refractivity contribution in [3.63, 3.8) is 0 Å². The number of pyridine rings is 1. The van der Waals surface area contributed by atoms with Gasteiger partial charge in [0.25, 0.3) is 0 Å². The number of amides is 1. The fourth-order valence-corrected chi connectivity index (χ4v) is 1.73. The molecule has 0 atom stereocenters. The zero-order valence-electron chi connectivity index (χ0n) is 11.1. The molecular formula is C13H17N5O. The Kier molecular flexibility index (Phi) is 3.79. The molecule has 2 N–H and O–H groups in total. The predicted octanol–water partition coefficient (Wildman–Crippen LogP) is 1.01. The van der Waals surface area contributed by atoms with Gasteiger partial charge in [-0.2, -0.15) is 0 Å². The SMILES string of the molecule is CCN(C)C(=O)Cn1cncc1-c1cnccc1N. The number of nitrogen functional groups attached to an aromatic ring is 1. The van der Waals surface area contributed by atoms with Gasteiger partial charge in [0.15, 0.2) is 0 Å². The molecule has 0 aliphatic rings. The molecule has 0 unspecified atom stereocenters. The zero-order chi connectivity index (χ0) is 13.8. The summed E-state index contributed by atoms with van der Waals surface area (Å²) in [5.74, 6) is 0.0317. The molecule has 2 aromatic heterocycles. The molecule has 0 aliphatic carbocycles. The number of carbonyl (C=O) groups excluding carboxylic acids is 1. The summed E-state index contributed by atoms with van der Waals surface area (Å²) in [6, 6.07) is 1.73. The summed E-state index contributed by atoms with van der Waals surface area (Å²) in [7, 11) is 1.78. The van der Waals surface area contributed by atoms with Crippen LogP contribution in [0.15, 0.2) is 31.0 Å². The van der Waals surface area contributed by atoms with Crippen molar-refractivity contribution in [2.45, 2.75) is 13.5 Å². The Bertz CT molecular complexity index is 578. The van der Waals surface area contributed by atoms with E-state index in [0.29, 0.717) is 12.2 Å². The molecule has 6 heteroatoms. The molecule has 1 amide bonds. The largest absolute Gasteiger partial charge is 0.398 e. The number of nitrogens with two attached hydrogens (primary N) is 1. The van der Waals surface area contributed by atoms with Gasteiger partial charge in [-0.25, -0.2) is 4.98 Å². The smallest absolute Gasteiger partial charge is 0.242 e. The summed E-state index contributed by atoms with van der Waals surface area (Å²) in [6.45, 7) is 2.86. The minimum absolute atomic E-state index is 0.0317. The molecule has 0 bridgehead atoms. The molecule has 0 saturated carbocycles. The number of hydrogen-bond donors (Lipinski definition) is 1. The second kappa shape index (κ2) is 5.51. The molecule has 2 aromatic rings. The molecule has 0 aromatic carbocycles. The number of imidazole rings is 1. The van der Waals surface area contributed by atoms with Crippen LogP contribution in [-0.2, 0) is 11.3 Å². The summed E-state index contributed by atoms with van der Waals surface area (Å²) in [5.41, 5.74) is 8.12. The van der Waals surface area contributed by atoms with E-state index in [1.807, 2.05) is 6.92 Å². The normalized spacial score (nSPS) is 10.4. The lowest BCUT2D eigenvalue weighted by atomic mass is 10.2. The maximum atomic E-state index is 11.9. The van der Waals surface area contributed by atoms with Crippen LogP contribution in [0.1, 0.15) is 6.92 Å². The molecule has 19 heavy (non-hydrogen) atoms. The number of likely N-dealkylation sites (N-methyl/N-ethyl adjacent to an activating group) is 1. The molecule has 0 radical (unpaired) electrons. The Morgan fingerprint density at radius 1 is 1.42 bits per heavy atom. The van der Waals surface area contributed by atoms with Crippen LogP contribution in [-0.4, -0.2) is 38.9 Å². The van der Waals surface area contributed by atoms with Gasteiger partial charge in [0, 0.05) is 37.2 Å². The Hall–Kier alpha value is -2.37. The van der Waals surface area contributed by atoms with Gasteiger partial charge in [0.05, 0.1) is 18.2 Å². The van der Waals surface area contributed by atoms with E-state index in [9.17, 15) is 4.79 Å². The van der Waals surface area contributed by atoms with Gasteiger partial charge in [-0.1, -0.05) is 0 Å². The predicted molar refractivity (Wildman–Crippen MR) is 73.2 cm³/mol. The van der Waals surface area contributed by atoms with E-state index in [1.54, 1.807) is 47.5 Å². The average molecular weight is 259 g/mol. The van der Waals surface area contributed by atoms with Crippen LogP contribution in [0, 0.1) is 0 Å². The highest BCUT2D eigenvalue weighted by Gasteiger charge is 2.13. The summed E-state index contributed by atoms with van der Waals surface area (Å²) in [5, 5.41) is 0. The van der Waals surface area contributed by atoms with Gasteiger partial charge >= 0.3 is 0 Å². The fraction of sp³-hybridized carbons (Fsp3) is 0.308. The van der Waals surface area contributed by atoms with Gasteiger partial charge in [0.1, 0.15) is 6.54 Å². The Morgan fingerprint density at radius 3 is 2.89 bits per heavy atom. The number of nitrogens with zero attached hydrogens (tertiary/aromatic N) is 4. The molecule has 100 valence electrons. The van der Waals surface area contributed by atoms with Crippen LogP contribution in [0.2, 0.25) is 0 Å². The molecule has 0 fully saturated rings. The standard InChI is InChI=1S/C13H17N5O/c1-3-17(2)13(19)8-18-9-16-7-12(18)10-6-15-5-4-11(10)14/h4-7,9H,3,8H2,1-2H3,(H2,14,15). The van der Waals surface area contributed by atoms with Crippen LogP contribution in [0.25, 0.3) is 11.3 Å². The molecule has 0 spiro atoms. The van der Waals surface area contributed by atoms with E-state index in [0.717, 1.165) is 11.3 Å². The van der Waals surface area contributed by atoms with Gasteiger partial charge < -0.3 is 15.2 Å². The highest BCUT2D eigenvalue weighted by molar-refractivity contribution is 5.78. The van der Waals surface area contributed by atoms with E-state index in [4.69, 9.17) is 5.73 Å². The number of hydrogen-bond acceptors (Lipinski definition) is 4. The number of rotatable bonds is 4. The average Bonchev–Trinajstić information content (AvgIpc) is 2.86. The second-order valence-corrected chi connectivity index (χ2v) is 4.28. The van der Waals surface area contributed by atoms with E-state index >= 15 is 0 Å². The first-order valence-corrected chi connectivity index (χ1v) is 6.07. The first-order chi connectivity index (χ1) is 9.13. The van der Waals surface area contributed by atoms with Crippen molar-refractivity contribution < 1.29 is 4.79 Å². The van der Waals surface area contributed by atoms with Crippen molar-refractivity contribution in [2.24, 2.45) is 0 Å². The van der Waals surface area contributed by atoms with Crippen molar-refractivity contribution >= 4 is 11.6 Å². The van der Waals surface area contributed by atoms with Crippen molar-refractivity contribution in [3.05, 3.63) is 31.0 Å². The fourth-order valence-electron chi connectivity index (χ4n) is 1.73. The minimum atomic E-state index is 0.0317. The lowest BCUT2D eigenvalue weighted by Gasteiger charge is -2.16. The summed E-state index contributed by atoms with van der Waals surface area (Å²) in [6.07, 6.45) is 6.63. The van der Waals surface area contributed by atoms with Gasteiger partial charge in [-0.3, -0.25) is 9.78 Å². The lowest BCUT2D eigenvalue weighted by molar-refractivity contribution is -0.130. The van der Waals surface area contributed by atoms with Crippen molar-refractivity contribution in [1.29, 1.82) is 0 Å². The second-order valence-electron chi connectivity index (χ2n) is 4.28. The topological polar surface area (TPSA) is 77.0 Å². The monoisotopic (exact) mass is 259 g/mol. The van der Waals surface area contributed by atoms with E-state index < -0.39 is 0 Å². The Morgan fingerprint density at radius 2 is 2.21 bits per heavy atom. The summed E-state index contributed by atoms with van der Waals surface area (Å²) >= 11 is 0. The van der Waals surface area contributed by atoms with Crippen LogP contribution in [0.3, 0.4) is 0 Å². The molecule has 0 aliphatic heterocycles. The lowest BCUT2D eigenvalue weighted by Crippen LogP contribution is -2.29. The highest BCUT2D eigenvalue weighted by Crippen LogP contribution is 2.24. The molecule has 2 rings (SSSR count). The molecule has 0 saturated heterocycles. The molecular weight excluding hydrogens is 242 g/mol. The number of carbonyl (C=O) groups is 1. The third kappa shape index (κ3) is 2.73. The zero-order valence-corrected chi connectivity index (χ0v) is 11.1. The Balaban J connectivity index is 2.28.